The average molecular weight is 282 g/mol. The van der Waals surface area contributed by atoms with E-state index in [4.69, 9.17) is 0 Å². The van der Waals surface area contributed by atoms with Gasteiger partial charge in [-0.25, -0.2) is 0 Å². The van der Waals surface area contributed by atoms with Gasteiger partial charge in [0.25, 0.3) is 0 Å². The van der Waals surface area contributed by atoms with E-state index < -0.39 is 0 Å². The van der Waals surface area contributed by atoms with E-state index in [1.165, 1.54) is 0 Å². The third kappa shape index (κ3) is 4.72. The highest BCUT2D eigenvalue weighted by atomic mass is 16.2. The Morgan fingerprint density at radius 2 is 1.62 bits per heavy atom. The fourth-order valence-corrected chi connectivity index (χ4v) is 2.16. The standard InChI is InChI=1S/C18H22N2O/c1-2-13-19-14-18(21)20(17-11-7-4-8-12-17)15-16-9-5-3-6-10-16/h3-12,19H,2,13-15H2,1H3. The minimum Gasteiger partial charge on any atom is -0.308 e. The number of nitrogens with one attached hydrogen (secondary N) is 1. The van der Waals surface area contributed by atoms with Gasteiger partial charge in [0.2, 0.25) is 5.91 Å². The number of anilines is 1. The molecule has 110 valence electrons. The number of hydrogen-bond donors (Lipinski definition) is 1. The SMILES string of the molecule is CCCNCC(=O)N(Cc1ccccc1)c1ccccc1. The predicted octanol–water partition coefficient (Wildman–Crippen LogP) is 3.22. The zero-order chi connectivity index (χ0) is 14.9. The van der Waals surface area contributed by atoms with E-state index in [-0.39, 0.29) is 5.91 Å². The van der Waals surface area contributed by atoms with Gasteiger partial charge in [0.1, 0.15) is 0 Å². The Hall–Kier alpha value is -2.13. The fourth-order valence-electron chi connectivity index (χ4n) is 2.16. The van der Waals surface area contributed by atoms with E-state index in [1.807, 2.05) is 65.6 Å². The zero-order valence-corrected chi connectivity index (χ0v) is 12.5. The number of para-hydroxylation sites is 1. The van der Waals surface area contributed by atoms with E-state index in [9.17, 15) is 4.79 Å². The summed E-state index contributed by atoms with van der Waals surface area (Å²) in [5, 5.41) is 3.18. The van der Waals surface area contributed by atoms with Crippen LogP contribution in [0.4, 0.5) is 5.69 Å². The summed E-state index contributed by atoms with van der Waals surface area (Å²) >= 11 is 0. The van der Waals surface area contributed by atoms with Crippen LogP contribution < -0.4 is 10.2 Å². The number of nitrogens with zero attached hydrogens (tertiary/aromatic N) is 1. The largest absolute Gasteiger partial charge is 0.308 e. The molecule has 0 saturated carbocycles. The molecule has 3 heteroatoms. The molecule has 0 heterocycles. The van der Waals surface area contributed by atoms with Crippen LogP contribution in [0.15, 0.2) is 60.7 Å². The molecule has 0 spiro atoms. The molecule has 0 unspecified atom stereocenters. The molecule has 0 fully saturated rings. The van der Waals surface area contributed by atoms with Gasteiger partial charge in [-0.05, 0) is 30.7 Å². The molecule has 0 aliphatic rings. The maximum Gasteiger partial charge on any atom is 0.241 e. The van der Waals surface area contributed by atoms with Crippen molar-refractivity contribution in [3.05, 3.63) is 66.2 Å². The van der Waals surface area contributed by atoms with Gasteiger partial charge in [-0.2, -0.15) is 0 Å². The molecule has 1 N–H and O–H groups in total. The number of carbonyl (C=O) groups is 1. The Morgan fingerprint density at radius 3 is 2.24 bits per heavy atom. The van der Waals surface area contributed by atoms with Gasteiger partial charge >= 0.3 is 0 Å². The van der Waals surface area contributed by atoms with Crippen LogP contribution in [-0.2, 0) is 11.3 Å². The number of hydrogen-bond acceptors (Lipinski definition) is 2. The van der Waals surface area contributed by atoms with Crippen molar-refractivity contribution in [3.8, 4) is 0 Å². The third-order valence-electron chi connectivity index (χ3n) is 3.26. The second-order valence-electron chi connectivity index (χ2n) is 4.98. The Balaban J connectivity index is 2.12. The monoisotopic (exact) mass is 282 g/mol. The van der Waals surface area contributed by atoms with Crippen LogP contribution in [0.3, 0.4) is 0 Å². The highest BCUT2D eigenvalue weighted by Gasteiger charge is 2.15. The Morgan fingerprint density at radius 1 is 1.00 bits per heavy atom. The van der Waals surface area contributed by atoms with Crippen LogP contribution in [0.1, 0.15) is 18.9 Å². The van der Waals surface area contributed by atoms with Gasteiger partial charge in [0, 0.05) is 5.69 Å². The van der Waals surface area contributed by atoms with E-state index in [2.05, 4.69) is 12.2 Å². The summed E-state index contributed by atoms with van der Waals surface area (Å²) in [6.45, 7) is 3.92. The fraction of sp³-hybridized carbons (Fsp3) is 0.278. The first-order valence-electron chi connectivity index (χ1n) is 7.41. The molecule has 0 aromatic heterocycles. The highest BCUT2D eigenvalue weighted by Crippen LogP contribution is 2.16. The molecular formula is C18H22N2O. The van der Waals surface area contributed by atoms with Crippen LogP contribution in [-0.4, -0.2) is 19.0 Å². The van der Waals surface area contributed by atoms with Crippen molar-refractivity contribution in [2.24, 2.45) is 0 Å². The lowest BCUT2D eigenvalue weighted by Gasteiger charge is -2.23. The maximum atomic E-state index is 12.5. The summed E-state index contributed by atoms with van der Waals surface area (Å²) in [5.74, 6) is 0.0958. The van der Waals surface area contributed by atoms with Crippen LogP contribution in [0, 0.1) is 0 Å². The first-order chi connectivity index (χ1) is 10.3. The van der Waals surface area contributed by atoms with Crippen LogP contribution in [0.2, 0.25) is 0 Å². The minimum atomic E-state index is 0.0958. The van der Waals surface area contributed by atoms with E-state index in [0.29, 0.717) is 13.1 Å². The van der Waals surface area contributed by atoms with Crippen LogP contribution in [0.25, 0.3) is 0 Å². The molecule has 2 aromatic rings. The molecule has 2 rings (SSSR count). The van der Waals surface area contributed by atoms with Crippen molar-refractivity contribution in [2.75, 3.05) is 18.0 Å². The van der Waals surface area contributed by atoms with Crippen molar-refractivity contribution in [2.45, 2.75) is 19.9 Å². The van der Waals surface area contributed by atoms with E-state index >= 15 is 0 Å². The van der Waals surface area contributed by atoms with Crippen molar-refractivity contribution < 1.29 is 4.79 Å². The molecule has 0 radical (unpaired) electrons. The molecule has 3 nitrogen and oxygen atoms in total. The lowest BCUT2D eigenvalue weighted by Crippen LogP contribution is -2.38. The molecule has 21 heavy (non-hydrogen) atoms. The number of rotatable bonds is 7. The molecule has 0 saturated heterocycles. The van der Waals surface area contributed by atoms with E-state index in [0.717, 1.165) is 24.2 Å². The van der Waals surface area contributed by atoms with Gasteiger partial charge in [0.15, 0.2) is 0 Å². The van der Waals surface area contributed by atoms with E-state index in [1.54, 1.807) is 0 Å². The van der Waals surface area contributed by atoms with Gasteiger partial charge in [-0.15, -0.1) is 0 Å². The van der Waals surface area contributed by atoms with Gasteiger partial charge in [0.05, 0.1) is 13.1 Å². The summed E-state index contributed by atoms with van der Waals surface area (Å²) < 4.78 is 0. The number of amides is 1. The normalized spacial score (nSPS) is 10.3. The lowest BCUT2D eigenvalue weighted by molar-refractivity contribution is -0.117. The number of benzene rings is 2. The molecule has 0 atom stereocenters. The third-order valence-corrected chi connectivity index (χ3v) is 3.26. The Kier molecular flexibility index (Phi) is 5.98. The molecule has 2 aromatic carbocycles. The zero-order valence-electron chi connectivity index (χ0n) is 12.5. The van der Waals surface area contributed by atoms with Gasteiger partial charge < -0.3 is 10.2 Å². The van der Waals surface area contributed by atoms with Crippen molar-refractivity contribution in [1.82, 2.24) is 5.32 Å². The summed E-state index contributed by atoms with van der Waals surface area (Å²) in [6.07, 6.45) is 1.03. The quantitative estimate of drug-likeness (QED) is 0.791. The number of carbonyl (C=O) groups excluding carboxylic acids is 1. The predicted molar refractivity (Wildman–Crippen MR) is 87.2 cm³/mol. The lowest BCUT2D eigenvalue weighted by atomic mass is 10.2. The molecule has 0 bridgehead atoms. The highest BCUT2D eigenvalue weighted by molar-refractivity contribution is 5.94. The summed E-state index contributed by atoms with van der Waals surface area (Å²) in [7, 11) is 0. The molecule has 1 amide bonds. The molecule has 0 aliphatic heterocycles. The summed E-state index contributed by atoms with van der Waals surface area (Å²) in [6, 6.07) is 19.9. The second kappa shape index (κ2) is 8.22. The van der Waals surface area contributed by atoms with Crippen LogP contribution in [0.5, 0.6) is 0 Å². The molecular weight excluding hydrogens is 260 g/mol. The van der Waals surface area contributed by atoms with Crippen LogP contribution >= 0.6 is 0 Å². The Bertz CT molecular complexity index is 540. The second-order valence-corrected chi connectivity index (χ2v) is 4.98. The Labute approximate surface area is 126 Å². The van der Waals surface area contributed by atoms with Crippen molar-refractivity contribution >= 4 is 11.6 Å². The van der Waals surface area contributed by atoms with Crippen molar-refractivity contribution in [3.63, 3.8) is 0 Å². The topological polar surface area (TPSA) is 32.3 Å². The first-order valence-corrected chi connectivity index (χ1v) is 7.41. The summed E-state index contributed by atoms with van der Waals surface area (Å²) in [5.41, 5.74) is 2.06. The smallest absolute Gasteiger partial charge is 0.241 e. The van der Waals surface area contributed by atoms with Gasteiger partial charge in [-0.3, -0.25) is 4.79 Å². The van der Waals surface area contributed by atoms with Gasteiger partial charge in [-0.1, -0.05) is 55.5 Å². The average Bonchev–Trinajstić information content (AvgIpc) is 2.54. The first kappa shape index (κ1) is 15.3. The minimum absolute atomic E-state index is 0.0958. The van der Waals surface area contributed by atoms with Crippen molar-refractivity contribution in [1.29, 1.82) is 0 Å². The molecule has 0 aliphatic carbocycles. The summed E-state index contributed by atoms with van der Waals surface area (Å²) in [4.78, 5) is 14.3. The maximum absolute atomic E-state index is 12.5.